The van der Waals surface area contributed by atoms with Crippen molar-refractivity contribution >= 4 is 40.4 Å². The SMILES string of the molecule is C[C@H](NC(=O)c1nn(-c2ccc(Cl)cc2Cl)c(-c2cccs2)c1C#N)c1ccccc1. The maximum Gasteiger partial charge on any atom is 0.273 e. The Hall–Kier alpha value is -3.11. The molecule has 0 aliphatic carbocycles. The fourth-order valence-corrected chi connectivity index (χ4v) is 4.49. The second-order valence-corrected chi connectivity index (χ2v) is 8.57. The van der Waals surface area contributed by atoms with Gasteiger partial charge in [0, 0.05) is 5.02 Å². The fourth-order valence-electron chi connectivity index (χ4n) is 3.24. The van der Waals surface area contributed by atoms with Gasteiger partial charge in [0.2, 0.25) is 0 Å². The van der Waals surface area contributed by atoms with Gasteiger partial charge in [-0.1, -0.05) is 59.6 Å². The minimum Gasteiger partial charge on any atom is -0.344 e. The van der Waals surface area contributed by atoms with Gasteiger partial charge in [-0.3, -0.25) is 4.79 Å². The number of thiophene rings is 1. The summed E-state index contributed by atoms with van der Waals surface area (Å²) in [6, 6.07) is 20.2. The first-order valence-electron chi connectivity index (χ1n) is 9.38. The molecule has 0 saturated carbocycles. The highest BCUT2D eigenvalue weighted by molar-refractivity contribution is 7.13. The Kier molecular flexibility index (Phi) is 6.10. The Morgan fingerprint density at radius 2 is 1.94 bits per heavy atom. The predicted octanol–water partition coefficient (Wildman–Crippen LogP) is 6.27. The normalized spacial score (nSPS) is 11.7. The summed E-state index contributed by atoms with van der Waals surface area (Å²) in [6.45, 7) is 1.88. The summed E-state index contributed by atoms with van der Waals surface area (Å²) in [7, 11) is 0. The molecule has 0 bridgehead atoms. The predicted molar refractivity (Wildman–Crippen MR) is 124 cm³/mol. The lowest BCUT2D eigenvalue weighted by atomic mass is 10.1. The smallest absolute Gasteiger partial charge is 0.273 e. The van der Waals surface area contributed by atoms with E-state index in [-0.39, 0.29) is 17.3 Å². The molecule has 0 radical (unpaired) electrons. The Bertz CT molecular complexity index is 1280. The van der Waals surface area contributed by atoms with Crippen molar-refractivity contribution in [2.75, 3.05) is 0 Å². The molecular formula is C23H16Cl2N4OS. The standard InChI is InChI=1S/C23H16Cl2N4OS/c1-14(15-6-3-2-4-7-15)27-23(30)21-17(13-26)22(20-8-5-11-31-20)29(28-21)19-10-9-16(24)12-18(19)25/h2-12,14H,1H3,(H,27,30)/t14-/m0/s1. The van der Waals surface area contributed by atoms with E-state index in [1.807, 2.05) is 54.8 Å². The second kappa shape index (κ2) is 8.94. The van der Waals surface area contributed by atoms with Gasteiger partial charge in [-0.2, -0.15) is 10.4 Å². The Morgan fingerprint density at radius 1 is 1.16 bits per heavy atom. The summed E-state index contributed by atoms with van der Waals surface area (Å²) < 4.78 is 1.53. The largest absolute Gasteiger partial charge is 0.344 e. The van der Waals surface area contributed by atoms with Crippen LogP contribution in [0.2, 0.25) is 10.0 Å². The van der Waals surface area contributed by atoms with Gasteiger partial charge < -0.3 is 5.32 Å². The number of aromatic nitrogens is 2. The minimum atomic E-state index is -0.436. The first-order valence-corrected chi connectivity index (χ1v) is 11.0. The van der Waals surface area contributed by atoms with Gasteiger partial charge in [-0.25, -0.2) is 4.68 Å². The Balaban J connectivity index is 1.82. The molecule has 1 N–H and O–H groups in total. The van der Waals surface area contributed by atoms with Crippen LogP contribution in [0.3, 0.4) is 0 Å². The fraction of sp³-hybridized carbons (Fsp3) is 0.0870. The zero-order chi connectivity index (χ0) is 22.0. The van der Waals surface area contributed by atoms with Crippen molar-refractivity contribution in [3.63, 3.8) is 0 Å². The highest BCUT2D eigenvalue weighted by Crippen LogP contribution is 2.35. The van der Waals surface area contributed by atoms with Crippen LogP contribution < -0.4 is 5.32 Å². The van der Waals surface area contributed by atoms with Crippen LogP contribution >= 0.6 is 34.5 Å². The number of amides is 1. The molecule has 0 fully saturated rings. The summed E-state index contributed by atoms with van der Waals surface area (Å²) in [4.78, 5) is 13.9. The molecule has 0 spiro atoms. The molecule has 8 heteroatoms. The van der Waals surface area contributed by atoms with E-state index in [1.165, 1.54) is 16.0 Å². The number of halogens is 2. The van der Waals surface area contributed by atoms with Gasteiger partial charge in [0.25, 0.3) is 5.91 Å². The van der Waals surface area contributed by atoms with E-state index in [2.05, 4.69) is 16.5 Å². The molecule has 4 aromatic rings. The molecule has 31 heavy (non-hydrogen) atoms. The van der Waals surface area contributed by atoms with E-state index in [4.69, 9.17) is 23.2 Å². The third-order valence-corrected chi connectivity index (χ3v) is 6.17. The van der Waals surface area contributed by atoms with Crippen molar-refractivity contribution in [3.05, 3.63) is 92.9 Å². The van der Waals surface area contributed by atoms with Gasteiger partial charge in [0.1, 0.15) is 17.3 Å². The van der Waals surface area contributed by atoms with Crippen molar-refractivity contribution < 1.29 is 4.79 Å². The van der Waals surface area contributed by atoms with E-state index in [1.54, 1.807) is 18.2 Å². The number of hydrogen-bond donors (Lipinski definition) is 1. The number of nitriles is 1. The van der Waals surface area contributed by atoms with Crippen LogP contribution in [0.25, 0.3) is 16.3 Å². The van der Waals surface area contributed by atoms with Crippen LogP contribution in [0.5, 0.6) is 0 Å². The molecule has 2 heterocycles. The van der Waals surface area contributed by atoms with E-state index in [0.717, 1.165) is 10.4 Å². The summed E-state index contributed by atoms with van der Waals surface area (Å²) >= 11 is 13.9. The molecule has 0 saturated heterocycles. The van der Waals surface area contributed by atoms with Gasteiger partial charge in [0.05, 0.1) is 21.6 Å². The van der Waals surface area contributed by atoms with Gasteiger partial charge in [0.15, 0.2) is 5.69 Å². The molecular weight excluding hydrogens is 451 g/mol. The van der Waals surface area contributed by atoms with E-state index >= 15 is 0 Å². The summed E-state index contributed by atoms with van der Waals surface area (Å²) in [5.74, 6) is -0.436. The van der Waals surface area contributed by atoms with Crippen molar-refractivity contribution in [1.29, 1.82) is 5.26 Å². The first-order chi connectivity index (χ1) is 15.0. The molecule has 4 rings (SSSR count). The molecule has 2 aromatic carbocycles. The van der Waals surface area contributed by atoms with E-state index in [0.29, 0.717) is 21.4 Å². The topological polar surface area (TPSA) is 70.7 Å². The lowest BCUT2D eigenvalue weighted by Crippen LogP contribution is -2.27. The third-order valence-electron chi connectivity index (χ3n) is 4.75. The Morgan fingerprint density at radius 3 is 2.58 bits per heavy atom. The highest BCUT2D eigenvalue weighted by atomic mass is 35.5. The lowest BCUT2D eigenvalue weighted by molar-refractivity contribution is 0.0934. The van der Waals surface area contributed by atoms with Crippen LogP contribution in [0.4, 0.5) is 0 Å². The number of benzene rings is 2. The first kappa shape index (κ1) is 21.1. The van der Waals surface area contributed by atoms with Crippen LogP contribution in [0, 0.1) is 11.3 Å². The number of hydrogen-bond acceptors (Lipinski definition) is 4. The maximum atomic E-state index is 13.1. The summed E-state index contributed by atoms with van der Waals surface area (Å²) in [5.41, 5.74) is 2.22. The zero-order valence-corrected chi connectivity index (χ0v) is 18.7. The lowest BCUT2D eigenvalue weighted by Gasteiger charge is -2.13. The highest BCUT2D eigenvalue weighted by Gasteiger charge is 2.27. The molecule has 5 nitrogen and oxygen atoms in total. The monoisotopic (exact) mass is 466 g/mol. The minimum absolute atomic E-state index is 0.0414. The average molecular weight is 467 g/mol. The quantitative estimate of drug-likeness (QED) is 0.376. The molecule has 1 amide bonds. The average Bonchev–Trinajstić information content (AvgIpc) is 3.41. The number of carbonyl (C=O) groups is 1. The summed E-state index contributed by atoms with van der Waals surface area (Å²) in [6.07, 6.45) is 0. The molecule has 0 unspecified atom stereocenters. The van der Waals surface area contributed by atoms with Crippen LogP contribution in [0.15, 0.2) is 66.0 Å². The van der Waals surface area contributed by atoms with E-state index in [9.17, 15) is 10.1 Å². The number of rotatable bonds is 5. The van der Waals surface area contributed by atoms with Crippen molar-refractivity contribution in [2.45, 2.75) is 13.0 Å². The van der Waals surface area contributed by atoms with Gasteiger partial charge in [-0.15, -0.1) is 11.3 Å². The molecule has 2 aromatic heterocycles. The van der Waals surface area contributed by atoms with Crippen molar-refractivity contribution in [2.24, 2.45) is 0 Å². The van der Waals surface area contributed by atoms with Crippen molar-refractivity contribution in [3.8, 4) is 22.3 Å². The molecule has 154 valence electrons. The number of nitrogens with one attached hydrogen (secondary N) is 1. The van der Waals surface area contributed by atoms with Crippen LogP contribution in [0.1, 0.15) is 34.6 Å². The van der Waals surface area contributed by atoms with E-state index < -0.39 is 5.91 Å². The number of nitrogens with zero attached hydrogens (tertiary/aromatic N) is 3. The molecule has 0 aliphatic rings. The second-order valence-electron chi connectivity index (χ2n) is 6.77. The molecule has 1 atom stereocenters. The Labute approximate surface area is 193 Å². The van der Waals surface area contributed by atoms with Crippen LogP contribution in [-0.2, 0) is 0 Å². The number of carbonyl (C=O) groups excluding carboxylic acids is 1. The van der Waals surface area contributed by atoms with Gasteiger partial charge in [-0.05, 0) is 42.1 Å². The third kappa shape index (κ3) is 4.21. The zero-order valence-electron chi connectivity index (χ0n) is 16.3. The van der Waals surface area contributed by atoms with Gasteiger partial charge >= 0.3 is 0 Å². The maximum absolute atomic E-state index is 13.1. The molecule has 0 aliphatic heterocycles. The summed E-state index contributed by atoms with van der Waals surface area (Å²) in [5, 5.41) is 20.1. The van der Waals surface area contributed by atoms with Crippen molar-refractivity contribution in [1.82, 2.24) is 15.1 Å². The van der Waals surface area contributed by atoms with Crippen LogP contribution in [-0.4, -0.2) is 15.7 Å².